The molecular weight excluding hydrogens is 701 g/mol. The van der Waals surface area contributed by atoms with Crippen molar-refractivity contribution in [1.29, 1.82) is 0 Å². The Balaban J connectivity index is 0.00000288. The van der Waals surface area contributed by atoms with E-state index in [4.69, 9.17) is 9.40 Å². The number of aromatic nitrogens is 3. The first-order chi connectivity index (χ1) is 20.2. The molecule has 0 aliphatic heterocycles. The van der Waals surface area contributed by atoms with Gasteiger partial charge in [-0.25, -0.2) is 4.98 Å². The molecule has 0 saturated carbocycles. The number of pyridine rings is 1. The van der Waals surface area contributed by atoms with Crippen molar-refractivity contribution in [2.45, 2.75) is 0 Å². The Labute approximate surface area is 256 Å². The molecular formula is C36H22N3O2Pt-. The smallest absolute Gasteiger partial charge is 0.148 e. The maximum absolute atomic E-state index is 11.4. The fourth-order valence-electron chi connectivity index (χ4n) is 5.57. The molecule has 204 valence electrons. The van der Waals surface area contributed by atoms with Crippen molar-refractivity contribution in [3.63, 3.8) is 0 Å². The fraction of sp³-hybridized carbons (Fsp3) is 0. The first kappa shape index (κ1) is 25.9. The van der Waals surface area contributed by atoms with Crippen LogP contribution < -0.4 is 0 Å². The predicted octanol–water partition coefficient (Wildman–Crippen LogP) is 8.82. The number of para-hydroxylation sites is 3. The summed E-state index contributed by atoms with van der Waals surface area (Å²) < 4.78 is 8.27. The molecule has 0 saturated heterocycles. The number of nitrogens with zero attached hydrogens (tertiary/aromatic N) is 3. The molecule has 3 aromatic heterocycles. The Morgan fingerprint density at radius 1 is 0.667 bits per heavy atom. The zero-order valence-corrected chi connectivity index (χ0v) is 24.4. The largest absolute Gasteiger partial charge is 0.507 e. The van der Waals surface area contributed by atoms with Gasteiger partial charge in [0.25, 0.3) is 0 Å². The minimum atomic E-state index is 0. The van der Waals surface area contributed by atoms with Gasteiger partial charge in [-0.15, -0.1) is 29.8 Å². The van der Waals surface area contributed by atoms with E-state index in [1.54, 1.807) is 12.3 Å². The zero-order valence-electron chi connectivity index (χ0n) is 22.1. The number of phenolic OH excluding ortho intramolecular Hbond substituents is 1. The zero-order chi connectivity index (χ0) is 27.3. The molecule has 1 N–H and O–H groups in total. The standard InChI is InChI=1S/C36H22N3O2.Pt/c40-32-21-28-27-14-4-5-18-33(27)41-34(28)22-29(32)36-38-35-26(15-9-17-31(35)39(36)25-12-2-1-3-13-25)23-10-8-11-24(20-23)30-16-6-7-19-37-30;/h1-19,21-22,40H;/q-1;. The summed E-state index contributed by atoms with van der Waals surface area (Å²) in [6.07, 6.45) is 1.79. The van der Waals surface area contributed by atoms with Gasteiger partial charge in [0.15, 0.2) is 0 Å². The van der Waals surface area contributed by atoms with Crippen LogP contribution in [0.3, 0.4) is 0 Å². The second-order valence-electron chi connectivity index (χ2n) is 9.94. The third-order valence-electron chi connectivity index (χ3n) is 7.46. The van der Waals surface area contributed by atoms with Crippen molar-refractivity contribution in [2.24, 2.45) is 0 Å². The maximum atomic E-state index is 11.4. The molecule has 0 fully saturated rings. The molecule has 5 aromatic carbocycles. The molecule has 0 aliphatic carbocycles. The van der Waals surface area contributed by atoms with Crippen molar-refractivity contribution in [3.8, 4) is 45.2 Å². The number of furan rings is 1. The summed E-state index contributed by atoms with van der Waals surface area (Å²) in [5, 5.41) is 13.2. The minimum absolute atomic E-state index is 0. The molecule has 0 bridgehead atoms. The van der Waals surface area contributed by atoms with Crippen LogP contribution in [0.5, 0.6) is 5.75 Å². The number of phenols is 1. The van der Waals surface area contributed by atoms with Crippen molar-refractivity contribution in [3.05, 3.63) is 134 Å². The van der Waals surface area contributed by atoms with Crippen molar-refractivity contribution in [2.75, 3.05) is 0 Å². The number of hydrogen-bond acceptors (Lipinski definition) is 4. The van der Waals surface area contributed by atoms with Gasteiger partial charge in [-0.05, 0) is 42.5 Å². The normalized spacial score (nSPS) is 11.2. The maximum Gasteiger partial charge on any atom is 0.148 e. The van der Waals surface area contributed by atoms with Gasteiger partial charge >= 0.3 is 0 Å². The Bertz CT molecular complexity index is 2220. The molecule has 0 atom stereocenters. The Kier molecular flexibility index (Phi) is 6.45. The van der Waals surface area contributed by atoms with Gasteiger partial charge in [0, 0.05) is 49.4 Å². The molecule has 0 amide bonds. The van der Waals surface area contributed by atoms with Crippen molar-refractivity contribution in [1.82, 2.24) is 14.5 Å². The van der Waals surface area contributed by atoms with Crippen LogP contribution in [0.1, 0.15) is 0 Å². The van der Waals surface area contributed by atoms with Gasteiger partial charge in [0.05, 0.1) is 16.6 Å². The number of benzene rings is 5. The summed E-state index contributed by atoms with van der Waals surface area (Å²) >= 11 is 0. The van der Waals surface area contributed by atoms with Gasteiger partial charge in [0.1, 0.15) is 22.7 Å². The molecule has 8 aromatic rings. The van der Waals surface area contributed by atoms with Crippen LogP contribution in [-0.4, -0.2) is 19.6 Å². The van der Waals surface area contributed by atoms with Crippen LogP contribution in [0.25, 0.3) is 72.4 Å². The van der Waals surface area contributed by atoms with E-state index in [2.05, 4.69) is 27.8 Å². The van der Waals surface area contributed by atoms with E-state index in [1.165, 1.54) is 0 Å². The summed E-state index contributed by atoms with van der Waals surface area (Å²) in [7, 11) is 0. The van der Waals surface area contributed by atoms with E-state index >= 15 is 0 Å². The topological polar surface area (TPSA) is 64.1 Å². The SMILES string of the molecule is Oc1cc2c(cc1-c1nc3c(-c4[c-]c(-c5ccccn5)ccc4)cccc3n1-c1ccccc1)oc1ccccc12.[Pt]. The van der Waals surface area contributed by atoms with Gasteiger partial charge in [-0.1, -0.05) is 71.8 Å². The van der Waals surface area contributed by atoms with Crippen LogP contribution in [0.15, 0.2) is 132 Å². The van der Waals surface area contributed by atoms with Crippen molar-refractivity contribution >= 4 is 33.0 Å². The number of imidazole rings is 1. The molecule has 5 nitrogen and oxygen atoms in total. The van der Waals surface area contributed by atoms with Crippen LogP contribution in [0.4, 0.5) is 0 Å². The third-order valence-corrected chi connectivity index (χ3v) is 7.46. The van der Waals surface area contributed by atoms with Crippen molar-refractivity contribution < 1.29 is 30.6 Å². The first-order valence-corrected chi connectivity index (χ1v) is 13.4. The first-order valence-electron chi connectivity index (χ1n) is 13.4. The van der Waals surface area contributed by atoms with E-state index in [1.807, 2.05) is 103 Å². The fourth-order valence-corrected chi connectivity index (χ4v) is 5.57. The summed E-state index contributed by atoms with van der Waals surface area (Å²) in [6, 6.07) is 43.2. The monoisotopic (exact) mass is 723 g/mol. The Hall–Kier alpha value is -4.99. The van der Waals surface area contributed by atoms with E-state index < -0.39 is 0 Å². The van der Waals surface area contributed by atoms with Crippen LogP contribution >= 0.6 is 0 Å². The molecule has 0 spiro atoms. The average Bonchev–Trinajstić information content (AvgIpc) is 3.60. The predicted molar refractivity (Wildman–Crippen MR) is 163 cm³/mol. The molecule has 6 heteroatoms. The molecule has 3 heterocycles. The number of hydrogen-bond donors (Lipinski definition) is 1. The number of rotatable bonds is 4. The minimum Gasteiger partial charge on any atom is -0.507 e. The second kappa shape index (κ2) is 10.4. The van der Waals surface area contributed by atoms with Gasteiger partial charge in [0.2, 0.25) is 0 Å². The van der Waals surface area contributed by atoms with Gasteiger partial charge in [-0.3, -0.25) is 9.55 Å². The van der Waals surface area contributed by atoms with E-state index in [0.717, 1.165) is 55.5 Å². The van der Waals surface area contributed by atoms with E-state index in [-0.39, 0.29) is 26.8 Å². The number of fused-ring (bicyclic) bond motifs is 4. The molecule has 0 unspecified atom stereocenters. The van der Waals surface area contributed by atoms with Crippen LogP contribution in [0, 0.1) is 6.07 Å². The molecule has 0 radical (unpaired) electrons. The van der Waals surface area contributed by atoms with E-state index in [0.29, 0.717) is 17.0 Å². The molecule has 0 aliphatic rings. The summed E-state index contributed by atoms with van der Waals surface area (Å²) in [5.74, 6) is 0.765. The quantitative estimate of drug-likeness (QED) is 0.185. The van der Waals surface area contributed by atoms with Crippen LogP contribution in [0.2, 0.25) is 0 Å². The summed E-state index contributed by atoms with van der Waals surface area (Å²) in [4.78, 5) is 9.69. The van der Waals surface area contributed by atoms with E-state index in [9.17, 15) is 5.11 Å². The average molecular weight is 724 g/mol. The van der Waals surface area contributed by atoms with Crippen LogP contribution in [-0.2, 0) is 21.1 Å². The Morgan fingerprint density at radius 2 is 1.45 bits per heavy atom. The summed E-state index contributed by atoms with van der Waals surface area (Å²) in [5.41, 5.74) is 8.38. The number of aromatic hydroxyl groups is 1. The van der Waals surface area contributed by atoms with Gasteiger partial charge < -0.3 is 9.52 Å². The van der Waals surface area contributed by atoms with Gasteiger partial charge in [-0.2, -0.15) is 0 Å². The molecule has 42 heavy (non-hydrogen) atoms. The third kappa shape index (κ3) is 4.22. The Morgan fingerprint density at radius 3 is 2.31 bits per heavy atom. The summed E-state index contributed by atoms with van der Waals surface area (Å²) in [6.45, 7) is 0. The second-order valence-corrected chi connectivity index (χ2v) is 9.94. The molecule has 8 rings (SSSR count).